The SMILES string of the molecule is CCCCCCCCCCCCCCCCC(COP(=O)(O)O)OCCO. The number of aliphatic hydroxyl groups excluding tert-OH is 1. The van der Waals surface area contributed by atoms with Crippen LogP contribution in [0.3, 0.4) is 0 Å². The van der Waals surface area contributed by atoms with Crippen LogP contribution in [0.1, 0.15) is 103 Å². The van der Waals surface area contributed by atoms with Crippen molar-refractivity contribution in [1.29, 1.82) is 0 Å². The molecule has 7 heteroatoms. The van der Waals surface area contributed by atoms with Crippen LogP contribution >= 0.6 is 7.82 Å². The van der Waals surface area contributed by atoms with Gasteiger partial charge >= 0.3 is 7.82 Å². The smallest absolute Gasteiger partial charge is 0.394 e. The average molecular weight is 411 g/mol. The van der Waals surface area contributed by atoms with E-state index in [1.54, 1.807) is 0 Å². The lowest BCUT2D eigenvalue weighted by atomic mass is 10.0. The van der Waals surface area contributed by atoms with E-state index in [2.05, 4.69) is 11.4 Å². The van der Waals surface area contributed by atoms with Crippen molar-refractivity contribution in [2.45, 2.75) is 109 Å². The van der Waals surface area contributed by atoms with Crippen LogP contribution in [0.15, 0.2) is 0 Å². The molecule has 0 amide bonds. The number of ether oxygens (including phenoxy) is 1. The molecule has 3 N–H and O–H groups in total. The third kappa shape index (κ3) is 22.2. The second kappa shape index (κ2) is 19.4. The lowest BCUT2D eigenvalue weighted by molar-refractivity contribution is -0.00873. The van der Waals surface area contributed by atoms with Crippen molar-refractivity contribution in [3.63, 3.8) is 0 Å². The van der Waals surface area contributed by atoms with E-state index in [0.717, 1.165) is 12.8 Å². The van der Waals surface area contributed by atoms with E-state index >= 15 is 0 Å². The molecule has 0 radical (unpaired) electrons. The third-order valence-corrected chi connectivity index (χ3v) is 5.24. The second-order valence-electron chi connectivity index (χ2n) is 7.39. The molecule has 6 nitrogen and oxygen atoms in total. The summed E-state index contributed by atoms with van der Waals surface area (Å²) in [4.78, 5) is 17.5. The van der Waals surface area contributed by atoms with Gasteiger partial charge in [-0.25, -0.2) is 4.57 Å². The summed E-state index contributed by atoms with van der Waals surface area (Å²) in [7, 11) is -4.47. The molecule has 0 heterocycles. The van der Waals surface area contributed by atoms with Gasteiger partial charge in [0.25, 0.3) is 0 Å². The maximum atomic E-state index is 10.8. The van der Waals surface area contributed by atoms with E-state index in [1.807, 2.05) is 0 Å². The number of phosphoric ester groups is 1. The molecule has 0 aromatic rings. The van der Waals surface area contributed by atoms with Crippen molar-refractivity contribution in [3.05, 3.63) is 0 Å². The lowest BCUT2D eigenvalue weighted by Crippen LogP contribution is -2.21. The standard InChI is InChI=1S/C20H43O6P/c1-2-3-4-5-6-7-8-9-10-11-12-13-14-15-16-20(25-18-17-21)19-26-27(22,23)24/h20-21H,2-19H2,1H3,(H2,22,23,24). The van der Waals surface area contributed by atoms with Gasteiger partial charge in [0.2, 0.25) is 0 Å². The van der Waals surface area contributed by atoms with Crippen LogP contribution in [0.2, 0.25) is 0 Å². The van der Waals surface area contributed by atoms with Gasteiger partial charge in [-0.05, 0) is 6.42 Å². The van der Waals surface area contributed by atoms with Gasteiger partial charge in [-0.15, -0.1) is 0 Å². The van der Waals surface area contributed by atoms with Gasteiger partial charge in [-0.2, -0.15) is 0 Å². The summed E-state index contributed by atoms with van der Waals surface area (Å²) in [6, 6.07) is 0. The van der Waals surface area contributed by atoms with E-state index in [0.29, 0.717) is 6.42 Å². The summed E-state index contributed by atoms with van der Waals surface area (Å²) in [6.07, 6.45) is 18.4. The summed E-state index contributed by atoms with van der Waals surface area (Å²) in [6.45, 7) is 2.17. The number of phosphoric acid groups is 1. The number of rotatable bonds is 21. The molecule has 0 saturated carbocycles. The molecule has 0 aromatic heterocycles. The monoisotopic (exact) mass is 410 g/mol. The number of unbranched alkanes of at least 4 members (excludes halogenated alkanes) is 13. The zero-order valence-electron chi connectivity index (χ0n) is 17.3. The molecular weight excluding hydrogens is 367 g/mol. The fourth-order valence-corrected chi connectivity index (χ4v) is 3.54. The molecule has 0 aliphatic carbocycles. The fourth-order valence-electron chi connectivity index (χ4n) is 3.18. The van der Waals surface area contributed by atoms with Crippen molar-refractivity contribution < 1.29 is 28.7 Å². The molecule has 0 rings (SSSR count). The molecule has 164 valence electrons. The molecule has 0 bridgehead atoms. The average Bonchev–Trinajstić information content (AvgIpc) is 2.62. The Labute approximate surface area is 166 Å². The minimum Gasteiger partial charge on any atom is -0.394 e. The number of hydrogen-bond acceptors (Lipinski definition) is 4. The molecule has 0 aliphatic rings. The van der Waals surface area contributed by atoms with Crippen LogP contribution in [0.25, 0.3) is 0 Å². The first kappa shape index (κ1) is 27.0. The summed E-state index contributed by atoms with van der Waals surface area (Å²) in [5.41, 5.74) is 0. The quantitative estimate of drug-likeness (QED) is 0.174. The van der Waals surface area contributed by atoms with E-state index in [4.69, 9.17) is 19.6 Å². The van der Waals surface area contributed by atoms with E-state index in [9.17, 15) is 4.57 Å². The molecule has 0 aromatic carbocycles. The maximum absolute atomic E-state index is 10.8. The molecule has 0 saturated heterocycles. The second-order valence-corrected chi connectivity index (χ2v) is 8.63. The summed E-state index contributed by atoms with van der Waals surface area (Å²) >= 11 is 0. The van der Waals surface area contributed by atoms with Crippen LogP contribution in [0, 0.1) is 0 Å². The van der Waals surface area contributed by atoms with Gasteiger partial charge in [0.15, 0.2) is 0 Å². The Morgan fingerprint density at radius 3 is 1.63 bits per heavy atom. The summed E-state index contributed by atoms with van der Waals surface area (Å²) in [5.74, 6) is 0. The largest absolute Gasteiger partial charge is 0.469 e. The van der Waals surface area contributed by atoms with Crippen LogP contribution in [0.5, 0.6) is 0 Å². The lowest BCUT2D eigenvalue weighted by Gasteiger charge is -2.17. The normalized spacial score (nSPS) is 13.2. The van der Waals surface area contributed by atoms with Crippen molar-refractivity contribution in [3.8, 4) is 0 Å². The molecule has 27 heavy (non-hydrogen) atoms. The van der Waals surface area contributed by atoms with Gasteiger partial charge in [0.05, 0.1) is 25.9 Å². The Bertz CT molecular complexity index is 347. The third-order valence-electron chi connectivity index (χ3n) is 4.75. The van der Waals surface area contributed by atoms with Gasteiger partial charge in [0.1, 0.15) is 0 Å². The van der Waals surface area contributed by atoms with Crippen LogP contribution in [-0.4, -0.2) is 40.8 Å². The number of hydrogen-bond donors (Lipinski definition) is 3. The Kier molecular flexibility index (Phi) is 19.4. The topological polar surface area (TPSA) is 96.2 Å². The van der Waals surface area contributed by atoms with Gasteiger partial charge in [-0.3, -0.25) is 4.52 Å². The molecule has 1 atom stereocenters. The molecule has 0 fully saturated rings. The Hall–Kier alpha value is 0.0300. The van der Waals surface area contributed by atoms with E-state index in [1.165, 1.54) is 77.0 Å². The Balaban J connectivity index is 3.46. The molecule has 0 aliphatic heterocycles. The molecule has 0 spiro atoms. The first-order valence-corrected chi connectivity index (χ1v) is 12.4. The minimum atomic E-state index is -4.47. The first-order valence-electron chi connectivity index (χ1n) is 10.9. The van der Waals surface area contributed by atoms with Crippen molar-refractivity contribution >= 4 is 7.82 Å². The predicted molar refractivity (Wildman–Crippen MR) is 110 cm³/mol. The number of aliphatic hydroxyl groups is 1. The fraction of sp³-hybridized carbons (Fsp3) is 1.00. The van der Waals surface area contributed by atoms with Crippen molar-refractivity contribution in [1.82, 2.24) is 0 Å². The van der Waals surface area contributed by atoms with E-state index in [-0.39, 0.29) is 25.9 Å². The first-order chi connectivity index (χ1) is 13.0. The van der Waals surface area contributed by atoms with Crippen LogP contribution < -0.4 is 0 Å². The highest BCUT2D eigenvalue weighted by atomic mass is 31.2. The van der Waals surface area contributed by atoms with Crippen LogP contribution in [0.4, 0.5) is 0 Å². The highest BCUT2D eigenvalue weighted by molar-refractivity contribution is 7.46. The minimum absolute atomic E-state index is 0.106. The summed E-state index contributed by atoms with van der Waals surface area (Å²) < 4.78 is 20.7. The van der Waals surface area contributed by atoms with Crippen molar-refractivity contribution in [2.24, 2.45) is 0 Å². The van der Waals surface area contributed by atoms with Crippen molar-refractivity contribution in [2.75, 3.05) is 19.8 Å². The zero-order chi connectivity index (χ0) is 20.2. The zero-order valence-corrected chi connectivity index (χ0v) is 18.2. The van der Waals surface area contributed by atoms with Gasteiger partial charge in [0, 0.05) is 0 Å². The maximum Gasteiger partial charge on any atom is 0.469 e. The van der Waals surface area contributed by atoms with E-state index < -0.39 is 7.82 Å². The molecule has 1 unspecified atom stereocenters. The van der Waals surface area contributed by atoms with Crippen LogP contribution in [-0.2, 0) is 13.8 Å². The Morgan fingerprint density at radius 1 is 0.778 bits per heavy atom. The highest BCUT2D eigenvalue weighted by Gasteiger charge is 2.18. The highest BCUT2D eigenvalue weighted by Crippen LogP contribution is 2.36. The van der Waals surface area contributed by atoms with Gasteiger partial charge in [-0.1, -0.05) is 96.8 Å². The predicted octanol–water partition coefficient (Wildman–Crippen LogP) is 5.34. The Morgan fingerprint density at radius 2 is 1.22 bits per heavy atom. The van der Waals surface area contributed by atoms with Gasteiger partial charge < -0.3 is 19.6 Å². The summed E-state index contributed by atoms with van der Waals surface area (Å²) in [5, 5.41) is 8.82. The molecular formula is C20H43O6P.